The molecule has 1 rings (SSSR count). The van der Waals surface area contributed by atoms with Gasteiger partial charge in [0.2, 0.25) is 5.95 Å². The van der Waals surface area contributed by atoms with Crippen LogP contribution in [0.3, 0.4) is 0 Å². The SMILES string of the molecule is COc1nc(F)ccc1OB(O)O. The molecule has 0 bridgehead atoms. The average molecular weight is 187 g/mol. The van der Waals surface area contributed by atoms with Crippen molar-refractivity contribution in [3.05, 3.63) is 18.1 Å². The summed E-state index contributed by atoms with van der Waals surface area (Å²) in [4.78, 5) is 3.31. The summed E-state index contributed by atoms with van der Waals surface area (Å²) in [5.74, 6) is -0.927. The molecule has 0 fully saturated rings. The van der Waals surface area contributed by atoms with Gasteiger partial charge in [-0.25, -0.2) is 0 Å². The summed E-state index contributed by atoms with van der Waals surface area (Å²) in [6, 6.07) is 2.20. The predicted octanol–water partition coefficient (Wildman–Crippen LogP) is -0.422. The molecule has 0 atom stereocenters. The quantitative estimate of drug-likeness (QED) is 0.496. The van der Waals surface area contributed by atoms with Crippen LogP contribution in [-0.4, -0.2) is 29.5 Å². The third-order valence-corrected chi connectivity index (χ3v) is 1.22. The molecule has 1 aromatic rings. The molecule has 0 aliphatic heterocycles. The van der Waals surface area contributed by atoms with Gasteiger partial charge < -0.3 is 19.4 Å². The Balaban J connectivity index is 2.92. The number of pyridine rings is 1. The van der Waals surface area contributed by atoms with Crippen molar-refractivity contribution in [2.45, 2.75) is 0 Å². The minimum absolute atomic E-state index is 0.0427. The molecule has 0 saturated carbocycles. The third-order valence-electron chi connectivity index (χ3n) is 1.22. The van der Waals surface area contributed by atoms with Crippen molar-refractivity contribution in [3.63, 3.8) is 0 Å². The van der Waals surface area contributed by atoms with Gasteiger partial charge in [-0.3, -0.25) is 0 Å². The van der Waals surface area contributed by atoms with E-state index in [0.29, 0.717) is 0 Å². The number of hydrogen-bond donors (Lipinski definition) is 2. The smallest absolute Gasteiger partial charge is 0.508 e. The van der Waals surface area contributed by atoms with E-state index >= 15 is 0 Å². The molecule has 70 valence electrons. The second kappa shape index (κ2) is 4.06. The van der Waals surface area contributed by atoms with Gasteiger partial charge in [-0.1, -0.05) is 0 Å². The molecule has 13 heavy (non-hydrogen) atoms. The minimum atomic E-state index is -1.99. The Kier molecular flexibility index (Phi) is 3.05. The van der Waals surface area contributed by atoms with Crippen LogP contribution >= 0.6 is 0 Å². The lowest BCUT2D eigenvalue weighted by molar-refractivity contribution is 0.275. The van der Waals surface area contributed by atoms with E-state index in [0.717, 1.165) is 6.07 Å². The molecule has 0 radical (unpaired) electrons. The van der Waals surface area contributed by atoms with Gasteiger partial charge in [-0.05, 0) is 12.1 Å². The van der Waals surface area contributed by atoms with E-state index < -0.39 is 13.3 Å². The fraction of sp³-hybridized carbons (Fsp3) is 0.167. The Morgan fingerprint density at radius 1 is 1.46 bits per heavy atom. The van der Waals surface area contributed by atoms with Crippen LogP contribution < -0.4 is 9.39 Å². The van der Waals surface area contributed by atoms with Crippen molar-refractivity contribution < 1.29 is 23.8 Å². The molecule has 2 N–H and O–H groups in total. The first-order chi connectivity index (χ1) is 6.13. The number of halogens is 1. The van der Waals surface area contributed by atoms with Gasteiger partial charge in [0.1, 0.15) is 0 Å². The number of hydrogen-bond acceptors (Lipinski definition) is 5. The second-order valence-electron chi connectivity index (χ2n) is 2.09. The molecule has 0 aromatic carbocycles. The van der Waals surface area contributed by atoms with E-state index in [1.165, 1.54) is 13.2 Å². The van der Waals surface area contributed by atoms with E-state index in [-0.39, 0.29) is 11.6 Å². The van der Waals surface area contributed by atoms with Crippen LogP contribution in [0, 0.1) is 5.95 Å². The Morgan fingerprint density at radius 3 is 2.69 bits per heavy atom. The Hall–Kier alpha value is -1.34. The van der Waals surface area contributed by atoms with Crippen LogP contribution in [0.4, 0.5) is 4.39 Å². The van der Waals surface area contributed by atoms with Crippen molar-refractivity contribution in [1.29, 1.82) is 0 Å². The van der Waals surface area contributed by atoms with Gasteiger partial charge in [0.05, 0.1) is 7.11 Å². The lowest BCUT2D eigenvalue weighted by Crippen LogP contribution is -2.21. The fourth-order valence-corrected chi connectivity index (χ4v) is 0.755. The first-order valence-corrected chi connectivity index (χ1v) is 3.37. The molecule has 1 aromatic heterocycles. The summed E-state index contributed by atoms with van der Waals surface area (Å²) < 4.78 is 21.6. The summed E-state index contributed by atoms with van der Waals surface area (Å²) in [5, 5.41) is 16.9. The summed E-state index contributed by atoms with van der Waals surface area (Å²) in [6.45, 7) is 0. The van der Waals surface area contributed by atoms with Crippen LogP contribution in [0.5, 0.6) is 11.6 Å². The van der Waals surface area contributed by atoms with E-state index in [2.05, 4.69) is 14.4 Å². The van der Waals surface area contributed by atoms with Crippen LogP contribution in [0.15, 0.2) is 12.1 Å². The fourth-order valence-electron chi connectivity index (χ4n) is 0.755. The monoisotopic (exact) mass is 187 g/mol. The van der Waals surface area contributed by atoms with Gasteiger partial charge in [-0.2, -0.15) is 9.37 Å². The van der Waals surface area contributed by atoms with E-state index in [9.17, 15) is 4.39 Å². The highest BCUT2D eigenvalue weighted by molar-refractivity contribution is 6.33. The van der Waals surface area contributed by atoms with Crippen LogP contribution in [0.2, 0.25) is 0 Å². The zero-order valence-electron chi connectivity index (χ0n) is 6.77. The van der Waals surface area contributed by atoms with Gasteiger partial charge in [0.15, 0.2) is 5.75 Å². The maximum atomic E-state index is 12.5. The normalized spacial score (nSPS) is 9.54. The molecule has 1 heterocycles. The number of ether oxygens (including phenoxy) is 1. The largest absolute Gasteiger partial charge is 0.707 e. The maximum absolute atomic E-state index is 12.5. The zero-order chi connectivity index (χ0) is 9.84. The highest BCUT2D eigenvalue weighted by Gasteiger charge is 2.16. The van der Waals surface area contributed by atoms with Crippen LogP contribution in [-0.2, 0) is 0 Å². The molecule has 0 aliphatic carbocycles. The molecule has 0 unspecified atom stereocenters. The number of rotatable bonds is 3. The lowest BCUT2D eigenvalue weighted by Gasteiger charge is -2.07. The van der Waals surface area contributed by atoms with E-state index in [4.69, 9.17) is 10.0 Å². The third kappa shape index (κ3) is 2.57. The standard InChI is InChI=1S/C6H7BFNO4/c1-12-6-4(13-7(10)11)2-3-5(8)9-6/h2-3,10-11H,1H3. The molecule has 0 spiro atoms. The molecule has 7 heteroatoms. The highest BCUT2D eigenvalue weighted by Crippen LogP contribution is 2.23. The number of aromatic nitrogens is 1. The number of methoxy groups -OCH3 is 1. The van der Waals surface area contributed by atoms with Crippen molar-refractivity contribution >= 4 is 7.32 Å². The van der Waals surface area contributed by atoms with E-state index in [1.807, 2.05) is 0 Å². The summed E-state index contributed by atoms with van der Waals surface area (Å²) >= 11 is 0. The molecule has 0 saturated heterocycles. The first kappa shape index (κ1) is 9.75. The first-order valence-electron chi connectivity index (χ1n) is 3.37. The Labute approximate surface area is 73.9 Å². The van der Waals surface area contributed by atoms with Crippen LogP contribution in [0.1, 0.15) is 0 Å². The minimum Gasteiger partial charge on any atom is -0.508 e. The molecule has 0 amide bonds. The molecular weight excluding hydrogens is 180 g/mol. The van der Waals surface area contributed by atoms with Crippen molar-refractivity contribution in [2.75, 3.05) is 7.11 Å². The van der Waals surface area contributed by atoms with Crippen molar-refractivity contribution in [3.8, 4) is 11.6 Å². The van der Waals surface area contributed by atoms with Gasteiger partial charge in [0, 0.05) is 0 Å². The van der Waals surface area contributed by atoms with Gasteiger partial charge >= 0.3 is 7.32 Å². The van der Waals surface area contributed by atoms with Crippen molar-refractivity contribution in [1.82, 2.24) is 4.98 Å². The summed E-state index contributed by atoms with van der Waals surface area (Å²) in [7, 11) is -0.723. The van der Waals surface area contributed by atoms with Crippen molar-refractivity contribution in [2.24, 2.45) is 0 Å². The highest BCUT2D eigenvalue weighted by atomic mass is 19.1. The average Bonchev–Trinajstić information content (AvgIpc) is 2.07. The number of nitrogens with zero attached hydrogens (tertiary/aromatic N) is 1. The topological polar surface area (TPSA) is 71.8 Å². The Morgan fingerprint density at radius 2 is 2.15 bits per heavy atom. The predicted molar refractivity (Wildman–Crippen MR) is 41.6 cm³/mol. The van der Waals surface area contributed by atoms with Crippen LogP contribution in [0.25, 0.3) is 0 Å². The Bertz CT molecular complexity index is 296. The van der Waals surface area contributed by atoms with E-state index in [1.54, 1.807) is 0 Å². The molecular formula is C6H7BFNO4. The van der Waals surface area contributed by atoms with Gasteiger partial charge in [-0.15, -0.1) is 0 Å². The summed E-state index contributed by atoms with van der Waals surface area (Å²) in [6.07, 6.45) is 0. The zero-order valence-corrected chi connectivity index (χ0v) is 6.77. The second-order valence-corrected chi connectivity index (χ2v) is 2.09. The molecule has 0 aliphatic rings. The summed E-state index contributed by atoms with van der Waals surface area (Å²) in [5.41, 5.74) is 0. The van der Waals surface area contributed by atoms with Gasteiger partial charge in [0.25, 0.3) is 5.88 Å². The maximum Gasteiger partial charge on any atom is 0.707 e. The molecule has 5 nitrogen and oxygen atoms in total. The lowest BCUT2D eigenvalue weighted by atomic mass is 10.2.